The van der Waals surface area contributed by atoms with Gasteiger partial charge in [-0.3, -0.25) is 9.59 Å². The van der Waals surface area contributed by atoms with Gasteiger partial charge in [0.2, 0.25) is 5.91 Å². The van der Waals surface area contributed by atoms with Crippen LogP contribution in [0.5, 0.6) is 11.5 Å². The number of benzene rings is 2. The van der Waals surface area contributed by atoms with Crippen molar-refractivity contribution in [3.63, 3.8) is 0 Å². The Bertz CT molecular complexity index is 896. The summed E-state index contributed by atoms with van der Waals surface area (Å²) in [7, 11) is 0. The molecule has 1 amide bonds. The van der Waals surface area contributed by atoms with Crippen molar-refractivity contribution in [3.8, 4) is 11.5 Å². The maximum absolute atomic E-state index is 13.0. The first kappa shape index (κ1) is 19.4. The molecule has 2 aliphatic heterocycles. The molecule has 6 heteroatoms. The van der Waals surface area contributed by atoms with Crippen LogP contribution < -0.4 is 9.47 Å². The van der Waals surface area contributed by atoms with Gasteiger partial charge < -0.3 is 14.4 Å². The zero-order valence-corrected chi connectivity index (χ0v) is 16.2. The fraction of sp³-hybridized carbons (Fsp3) is 0.391. The molecule has 1 fully saturated rings. The number of carbonyl (C=O) groups is 2. The zero-order valence-electron chi connectivity index (χ0n) is 16.2. The normalized spacial score (nSPS) is 18.4. The van der Waals surface area contributed by atoms with Crippen LogP contribution in [0.1, 0.15) is 54.1 Å². The highest BCUT2D eigenvalue weighted by Crippen LogP contribution is 2.38. The van der Waals surface area contributed by atoms with E-state index in [1.54, 1.807) is 0 Å². The van der Waals surface area contributed by atoms with E-state index in [-0.39, 0.29) is 36.4 Å². The molecule has 2 aromatic carbocycles. The minimum atomic E-state index is -0.382. The SMILES string of the molecule is O=C(CCC(=O)N1CCC[C@H]1c1ccc2c(c1)OCCCO2)c1ccc(F)cc1. The standard InChI is InChI=1S/C23H24FNO4/c24-18-7-4-16(5-8-18)20(26)9-11-23(27)25-12-1-3-19(25)17-6-10-21-22(15-17)29-14-2-13-28-21/h4-8,10,15,19H,1-3,9,11-14H2/t19-/m0/s1. The van der Waals surface area contributed by atoms with E-state index in [0.717, 1.165) is 36.3 Å². The summed E-state index contributed by atoms with van der Waals surface area (Å²) in [6.07, 6.45) is 2.93. The Kier molecular flexibility index (Phi) is 5.79. The highest BCUT2D eigenvalue weighted by atomic mass is 19.1. The third kappa shape index (κ3) is 4.42. The Morgan fingerprint density at radius 3 is 2.52 bits per heavy atom. The van der Waals surface area contributed by atoms with Crippen molar-refractivity contribution in [3.05, 3.63) is 59.4 Å². The largest absolute Gasteiger partial charge is 0.490 e. The molecule has 0 saturated carbocycles. The van der Waals surface area contributed by atoms with Crippen LogP contribution in [0, 0.1) is 5.82 Å². The number of ketones is 1. The van der Waals surface area contributed by atoms with E-state index in [2.05, 4.69) is 0 Å². The van der Waals surface area contributed by atoms with Crippen molar-refractivity contribution >= 4 is 11.7 Å². The summed E-state index contributed by atoms with van der Waals surface area (Å²) < 4.78 is 24.5. The van der Waals surface area contributed by atoms with Gasteiger partial charge in [-0.25, -0.2) is 4.39 Å². The summed E-state index contributed by atoms with van der Waals surface area (Å²) in [6.45, 7) is 1.94. The van der Waals surface area contributed by atoms with Gasteiger partial charge in [0.05, 0.1) is 19.3 Å². The highest BCUT2D eigenvalue weighted by molar-refractivity contribution is 5.98. The summed E-state index contributed by atoms with van der Waals surface area (Å²) in [5, 5.41) is 0. The molecule has 0 N–H and O–H groups in total. The molecule has 2 heterocycles. The monoisotopic (exact) mass is 397 g/mol. The molecule has 29 heavy (non-hydrogen) atoms. The van der Waals surface area contributed by atoms with Crippen molar-refractivity contribution in [2.24, 2.45) is 0 Å². The average molecular weight is 397 g/mol. The molecule has 1 atom stereocenters. The van der Waals surface area contributed by atoms with Gasteiger partial charge in [-0.1, -0.05) is 6.07 Å². The zero-order chi connectivity index (χ0) is 20.2. The van der Waals surface area contributed by atoms with Crippen molar-refractivity contribution in [2.75, 3.05) is 19.8 Å². The van der Waals surface area contributed by atoms with E-state index in [4.69, 9.17) is 9.47 Å². The molecule has 0 bridgehead atoms. The number of hydrogen-bond acceptors (Lipinski definition) is 4. The first-order valence-corrected chi connectivity index (χ1v) is 10.1. The molecule has 152 valence electrons. The lowest BCUT2D eigenvalue weighted by atomic mass is 10.0. The minimum Gasteiger partial charge on any atom is -0.490 e. The highest BCUT2D eigenvalue weighted by Gasteiger charge is 2.30. The predicted octanol–water partition coefficient (Wildman–Crippen LogP) is 4.31. The van der Waals surface area contributed by atoms with Crippen molar-refractivity contribution in [1.82, 2.24) is 4.90 Å². The molecule has 0 aliphatic carbocycles. The lowest BCUT2D eigenvalue weighted by molar-refractivity contribution is -0.132. The molecule has 1 saturated heterocycles. The fourth-order valence-electron chi connectivity index (χ4n) is 3.94. The number of likely N-dealkylation sites (tertiary alicyclic amines) is 1. The lowest BCUT2D eigenvalue weighted by Crippen LogP contribution is -2.30. The third-order valence-corrected chi connectivity index (χ3v) is 5.46. The fourth-order valence-corrected chi connectivity index (χ4v) is 3.94. The maximum atomic E-state index is 13.0. The summed E-state index contributed by atoms with van der Waals surface area (Å²) in [4.78, 5) is 27.0. The van der Waals surface area contributed by atoms with Crippen LogP contribution >= 0.6 is 0 Å². The molecular formula is C23H24FNO4. The van der Waals surface area contributed by atoms with Crippen molar-refractivity contribution in [1.29, 1.82) is 0 Å². The van der Waals surface area contributed by atoms with Crippen LogP contribution in [-0.4, -0.2) is 36.3 Å². The van der Waals surface area contributed by atoms with Gasteiger partial charge in [0.15, 0.2) is 17.3 Å². The first-order valence-electron chi connectivity index (χ1n) is 10.1. The molecule has 0 radical (unpaired) electrons. The minimum absolute atomic E-state index is 0.0134. The van der Waals surface area contributed by atoms with E-state index >= 15 is 0 Å². The number of ether oxygens (including phenoxy) is 2. The molecule has 5 nitrogen and oxygen atoms in total. The van der Waals surface area contributed by atoms with Gasteiger partial charge in [-0.15, -0.1) is 0 Å². The predicted molar refractivity (Wildman–Crippen MR) is 106 cm³/mol. The smallest absolute Gasteiger partial charge is 0.223 e. The molecule has 0 unspecified atom stereocenters. The molecular weight excluding hydrogens is 373 g/mol. The number of halogens is 1. The number of carbonyl (C=O) groups excluding carboxylic acids is 2. The second kappa shape index (κ2) is 8.64. The van der Waals surface area contributed by atoms with Gasteiger partial charge in [0.1, 0.15) is 5.82 Å². The van der Waals surface area contributed by atoms with Gasteiger partial charge >= 0.3 is 0 Å². The summed E-state index contributed by atoms with van der Waals surface area (Å²) >= 11 is 0. The number of hydrogen-bond donors (Lipinski definition) is 0. The van der Waals surface area contributed by atoms with Gasteiger partial charge in [0.25, 0.3) is 0 Å². The Labute approximate surface area is 169 Å². The Balaban J connectivity index is 1.41. The first-order chi connectivity index (χ1) is 14.1. The van der Waals surface area contributed by atoms with Crippen molar-refractivity contribution < 1.29 is 23.5 Å². The second-order valence-electron chi connectivity index (χ2n) is 7.43. The Morgan fingerprint density at radius 1 is 0.966 bits per heavy atom. The topological polar surface area (TPSA) is 55.8 Å². The molecule has 0 aromatic heterocycles. The van der Waals surface area contributed by atoms with Crippen LogP contribution in [0.25, 0.3) is 0 Å². The second-order valence-corrected chi connectivity index (χ2v) is 7.43. The van der Waals surface area contributed by atoms with E-state index in [9.17, 15) is 14.0 Å². The number of nitrogens with zero attached hydrogens (tertiary/aromatic N) is 1. The van der Waals surface area contributed by atoms with Crippen molar-refractivity contribution in [2.45, 2.75) is 38.1 Å². The van der Waals surface area contributed by atoms with Crippen LogP contribution in [0.3, 0.4) is 0 Å². The Morgan fingerprint density at radius 2 is 1.72 bits per heavy atom. The number of fused-ring (bicyclic) bond motifs is 1. The molecule has 2 aliphatic rings. The Hall–Kier alpha value is -2.89. The molecule has 0 spiro atoms. The average Bonchev–Trinajstić information content (AvgIpc) is 3.11. The van der Waals surface area contributed by atoms with E-state index in [1.807, 2.05) is 23.1 Å². The van der Waals surface area contributed by atoms with Crippen LogP contribution in [0.15, 0.2) is 42.5 Å². The molecule has 4 rings (SSSR count). The number of rotatable bonds is 5. The van der Waals surface area contributed by atoms with E-state index in [1.165, 1.54) is 24.3 Å². The third-order valence-electron chi connectivity index (χ3n) is 5.46. The summed E-state index contributed by atoms with van der Waals surface area (Å²) in [5.41, 5.74) is 1.46. The number of Topliss-reactive ketones (excluding diaryl/α,β-unsaturated/α-hetero) is 1. The lowest BCUT2D eigenvalue weighted by Gasteiger charge is -2.25. The quantitative estimate of drug-likeness (QED) is 0.706. The van der Waals surface area contributed by atoms with E-state index in [0.29, 0.717) is 25.3 Å². The van der Waals surface area contributed by atoms with E-state index < -0.39 is 0 Å². The van der Waals surface area contributed by atoms with Crippen LogP contribution in [0.2, 0.25) is 0 Å². The van der Waals surface area contributed by atoms with Gasteiger partial charge in [-0.2, -0.15) is 0 Å². The summed E-state index contributed by atoms with van der Waals surface area (Å²) in [5.74, 6) is 0.908. The maximum Gasteiger partial charge on any atom is 0.223 e. The van der Waals surface area contributed by atoms with Gasteiger partial charge in [0, 0.05) is 31.4 Å². The molecule has 2 aromatic rings. The number of amides is 1. The van der Waals surface area contributed by atoms with Crippen LogP contribution in [-0.2, 0) is 4.79 Å². The summed E-state index contributed by atoms with van der Waals surface area (Å²) in [6, 6.07) is 11.3. The van der Waals surface area contributed by atoms with Crippen LogP contribution in [0.4, 0.5) is 4.39 Å². The van der Waals surface area contributed by atoms with Gasteiger partial charge in [-0.05, 0) is 54.8 Å².